The number of amidine groups is 1. The number of hydrogen-bond donors (Lipinski definition) is 2. The summed E-state index contributed by atoms with van der Waals surface area (Å²) in [4.78, 5) is 2.13. The molecule has 0 bridgehead atoms. The van der Waals surface area contributed by atoms with Crippen LogP contribution < -0.4 is 5.73 Å². The van der Waals surface area contributed by atoms with Gasteiger partial charge >= 0.3 is 0 Å². The number of nitrogens with zero attached hydrogens (tertiary/aromatic N) is 1. The van der Waals surface area contributed by atoms with E-state index in [1.165, 1.54) is 12.1 Å². The van der Waals surface area contributed by atoms with E-state index < -0.39 is 0 Å². The van der Waals surface area contributed by atoms with Crippen LogP contribution in [0.5, 0.6) is 0 Å². The minimum Gasteiger partial charge on any atom is -0.384 e. The van der Waals surface area contributed by atoms with E-state index in [9.17, 15) is 4.39 Å². The van der Waals surface area contributed by atoms with Gasteiger partial charge in [0.25, 0.3) is 0 Å². The van der Waals surface area contributed by atoms with Gasteiger partial charge in [-0.1, -0.05) is 30.3 Å². The number of hydrogen-bond acceptors (Lipinski definition) is 2. The van der Waals surface area contributed by atoms with Crippen LogP contribution in [-0.2, 0) is 13.1 Å². The van der Waals surface area contributed by atoms with Gasteiger partial charge < -0.3 is 5.73 Å². The average Bonchev–Trinajstić information content (AvgIpc) is 2.41. The molecular formula is C16H18FN3. The summed E-state index contributed by atoms with van der Waals surface area (Å²) in [6, 6.07) is 14.2. The number of halogens is 1. The zero-order valence-electron chi connectivity index (χ0n) is 11.4. The number of nitrogen functional groups attached to an aromatic ring is 1. The fourth-order valence-electron chi connectivity index (χ4n) is 2.11. The second-order valence-electron chi connectivity index (χ2n) is 4.91. The number of nitrogens with one attached hydrogen (secondary N) is 1. The van der Waals surface area contributed by atoms with E-state index >= 15 is 0 Å². The molecule has 0 aromatic heterocycles. The average molecular weight is 271 g/mol. The molecule has 0 spiro atoms. The fourth-order valence-corrected chi connectivity index (χ4v) is 2.11. The Hall–Kier alpha value is -2.20. The quantitative estimate of drug-likeness (QED) is 0.649. The van der Waals surface area contributed by atoms with Crippen molar-refractivity contribution in [3.05, 3.63) is 71.0 Å². The van der Waals surface area contributed by atoms with E-state index in [0.29, 0.717) is 0 Å². The molecule has 0 saturated carbocycles. The van der Waals surface area contributed by atoms with Crippen molar-refractivity contribution >= 4 is 5.84 Å². The molecule has 0 unspecified atom stereocenters. The minimum absolute atomic E-state index is 0.0769. The fraction of sp³-hybridized carbons (Fsp3) is 0.188. The molecular weight excluding hydrogens is 253 g/mol. The van der Waals surface area contributed by atoms with Gasteiger partial charge in [0.2, 0.25) is 0 Å². The second kappa shape index (κ2) is 6.30. The third-order valence-corrected chi connectivity index (χ3v) is 3.06. The molecule has 3 nitrogen and oxygen atoms in total. The predicted molar refractivity (Wildman–Crippen MR) is 79.0 cm³/mol. The first-order valence-corrected chi connectivity index (χ1v) is 6.41. The van der Waals surface area contributed by atoms with Crippen LogP contribution in [0, 0.1) is 11.2 Å². The summed E-state index contributed by atoms with van der Waals surface area (Å²) in [5.41, 5.74) is 8.38. The standard InChI is InChI=1S/C16H18FN3/c1-20(10-12-5-7-15(17)8-6-12)11-13-3-2-4-14(9-13)16(18)19/h2-9H,10-11H2,1H3,(H3,18,19). The highest BCUT2D eigenvalue weighted by Crippen LogP contribution is 2.10. The monoisotopic (exact) mass is 271 g/mol. The van der Waals surface area contributed by atoms with E-state index in [-0.39, 0.29) is 11.7 Å². The van der Waals surface area contributed by atoms with Crippen molar-refractivity contribution in [2.24, 2.45) is 5.73 Å². The van der Waals surface area contributed by atoms with Gasteiger partial charge in [-0.05, 0) is 36.4 Å². The zero-order valence-corrected chi connectivity index (χ0v) is 11.4. The van der Waals surface area contributed by atoms with Crippen molar-refractivity contribution in [1.82, 2.24) is 4.90 Å². The summed E-state index contributed by atoms with van der Waals surface area (Å²) in [6.07, 6.45) is 0. The Bertz CT molecular complexity index is 593. The molecule has 0 radical (unpaired) electrons. The largest absolute Gasteiger partial charge is 0.384 e. The van der Waals surface area contributed by atoms with Crippen LogP contribution in [0.1, 0.15) is 16.7 Å². The van der Waals surface area contributed by atoms with Crippen molar-refractivity contribution in [2.75, 3.05) is 7.05 Å². The Morgan fingerprint density at radius 2 is 1.75 bits per heavy atom. The van der Waals surface area contributed by atoms with Crippen molar-refractivity contribution in [1.29, 1.82) is 5.41 Å². The molecule has 2 aromatic rings. The van der Waals surface area contributed by atoms with Gasteiger partial charge in [0.1, 0.15) is 11.7 Å². The van der Waals surface area contributed by atoms with Gasteiger partial charge in [0, 0.05) is 18.7 Å². The molecule has 104 valence electrons. The predicted octanol–water partition coefficient (Wildman–Crippen LogP) is 2.74. The smallest absolute Gasteiger partial charge is 0.123 e. The number of nitrogens with two attached hydrogens (primary N) is 1. The number of benzene rings is 2. The number of rotatable bonds is 5. The summed E-state index contributed by atoms with van der Waals surface area (Å²) >= 11 is 0. The van der Waals surface area contributed by atoms with Gasteiger partial charge in [-0.3, -0.25) is 10.3 Å². The molecule has 0 amide bonds. The molecule has 0 aliphatic carbocycles. The Balaban J connectivity index is 2.00. The molecule has 2 aromatic carbocycles. The normalized spacial score (nSPS) is 10.8. The van der Waals surface area contributed by atoms with Gasteiger partial charge in [-0.2, -0.15) is 0 Å². The zero-order chi connectivity index (χ0) is 14.5. The topological polar surface area (TPSA) is 53.1 Å². The van der Waals surface area contributed by atoms with E-state index in [2.05, 4.69) is 4.90 Å². The molecule has 0 saturated heterocycles. The van der Waals surface area contributed by atoms with Gasteiger partial charge in [-0.25, -0.2) is 4.39 Å². The molecule has 0 fully saturated rings. The van der Waals surface area contributed by atoms with Crippen LogP contribution in [0.2, 0.25) is 0 Å². The van der Waals surface area contributed by atoms with E-state index in [1.807, 2.05) is 31.3 Å². The third kappa shape index (κ3) is 3.90. The highest BCUT2D eigenvalue weighted by atomic mass is 19.1. The lowest BCUT2D eigenvalue weighted by Crippen LogP contribution is -2.18. The molecule has 3 N–H and O–H groups in total. The van der Waals surface area contributed by atoms with Crippen molar-refractivity contribution in [3.8, 4) is 0 Å². The van der Waals surface area contributed by atoms with E-state index in [4.69, 9.17) is 11.1 Å². The van der Waals surface area contributed by atoms with Crippen LogP contribution in [0.4, 0.5) is 4.39 Å². The lowest BCUT2D eigenvalue weighted by Gasteiger charge is -2.17. The van der Waals surface area contributed by atoms with Crippen LogP contribution in [-0.4, -0.2) is 17.8 Å². The molecule has 0 atom stereocenters. The summed E-state index contributed by atoms with van der Waals surface area (Å²) in [6.45, 7) is 1.49. The molecule has 0 aliphatic rings. The molecule has 0 aliphatic heterocycles. The van der Waals surface area contributed by atoms with Crippen LogP contribution in [0.15, 0.2) is 48.5 Å². The van der Waals surface area contributed by atoms with Gasteiger partial charge in [-0.15, -0.1) is 0 Å². The Labute approximate surface area is 118 Å². The molecule has 4 heteroatoms. The summed E-state index contributed by atoms with van der Waals surface area (Å²) in [7, 11) is 2.00. The van der Waals surface area contributed by atoms with Crippen LogP contribution in [0.25, 0.3) is 0 Å². The lowest BCUT2D eigenvalue weighted by atomic mass is 10.1. The van der Waals surface area contributed by atoms with Crippen molar-refractivity contribution < 1.29 is 4.39 Å². The summed E-state index contributed by atoms with van der Waals surface area (Å²) in [5, 5.41) is 7.44. The third-order valence-electron chi connectivity index (χ3n) is 3.06. The first kappa shape index (κ1) is 14.2. The van der Waals surface area contributed by atoms with E-state index in [1.54, 1.807) is 12.1 Å². The van der Waals surface area contributed by atoms with Crippen molar-refractivity contribution in [2.45, 2.75) is 13.1 Å². The molecule has 20 heavy (non-hydrogen) atoms. The van der Waals surface area contributed by atoms with Gasteiger partial charge in [0.05, 0.1) is 0 Å². The maximum Gasteiger partial charge on any atom is 0.123 e. The Morgan fingerprint density at radius 3 is 2.40 bits per heavy atom. The lowest BCUT2D eigenvalue weighted by molar-refractivity contribution is 0.319. The minimum atomic E-state index is -0.217. The summed E-state index contributed by atoms with van der Waals surface area (Å²) in [5.74, 6) is -0.140. The first-order chi connectivity index (χ1) is 9.54. The maximum absolute atomic E-state index is 12.8. The Kier molecular flexibility index (Phi) is 4.48. The van der Waals surface area contributed by atoms with E-state index in [0.717, 1.165) is 29.8 Å². The maximum atomic E-state index is 12.8. The van der Waals surface area contributed by atoms with Crippen LogP contribution >= 0.6 is 0 Å². The van der Waals surface area contributed by atoms with Crippen molar-refractivity contribution in [3.63, 3.8) is 0 Å². The highest BCUT2D eigenvalue weighted by Gasteiger charge is 2.04. The molecule has 2 rings (SSSR count). The molecule has 0 heterocycles. The van der Waals surface area contributed by atoms with Crippen LogP contribution in [0.3, 0.4) is 0 Å². The first-order valence-electron chi connectivity index (χ1n) is 6.41. The Morgan fingerprint density at radius 1 is 1.10 bits per heavy atom. The summed E-state index contributed by atoms with van der Waals surface area (Å²) < 4.78 is 12.8. The van der Waals surface area contributed by atoms with Gasteiger partial charge in [0.15, 0.2) is 0 Å². The second-order valence-corrected chi connectivity index (χ2v) is 4.91. The SMILES string of the molecule is CN(Cc1ccc(F)cc1)Cc1cccc(C(=N)N)c1. The highest BCUT2D eigenvalue weighted by molar-refractivity contribution is 5.95.